The number of H-pyrrole nitrogens is 1. The Labute approximate surface area is 299 Å². The Hall–Kier alpha value is -5.60. The maximum Gasteiger partial charge on any atom is 0.224 e. The van der Waals surface area contributed by atoms with E-state index < -0.39 is 30.2 Å². The second-order valence-corrected chi connectivity index (χ2v) is 13.3. The molecular formula is C44H42NO6Rf-. The number of ether oxygens (including phenoxy) is 6. The topological polar surface area (TPSA) is 71.2 Å². The molecule has 0 saturated carbocycles. The fourth-order valence-corrected chi connectivity index (χ4v) is 7.16. The first-order chi connectivity index (χ1) is 25.2. The van der Waals surface area contributed by atoms with Gasteiger partial charge >= 0.3 is 0 Å². The molecule has 52 heavy (non-hydrogen) atoms. The van der Waals surface area contributed by atoms with Crippen LogP contribution in [0.15, 0.2) is 133 Å². The zero-order chi connectivity index (χ0) is 34.5. The van der Waals surface area contributed by atoms with Crippen LogP contribution in [0.4, 0.5) is 0 Å². The van der Waals surface area contributed by atoms with E-state index in [1.807, 2.05) is 72.8 Å². The van der Waals surface area contributed by atoms with E-state index in [0.29, 0.717) is 33.0 Å². The molecule has 2 aliphatic heterocycles. The number of benzene rings is 5. The van der Waals surface area contributed by atoms with Crippen LogP contribution in [-0.2, 0) is 67.2 Å². The molecule has 1 N–H and O–H groups in total. The van der Waals surface area contributed by atoms with Crippen molar-refractivity contribution < 1.29 is 28.4 Å². The van der Waals surface area contributed by atoms with Gasteiger partial charge < -0.3 is 33.4 Å². The van der Waals surface area contributed by atoms with Gasteiger partial charge in [0.2, 0.25) is 5.79 Å². The van der Waals surface area contributed by atoms with Crippen LogP contribution >= 0.6 is 0 Å². The quantitative estimate of drug-likeness (QED) is 0.118. The van der Waals surface area contributed by atoms with Gasteiger partial charge in [-0.05, 0) is 27.8 Å². The number of aryl methyl sites for hydroxylation is 1. The van der Waals surface area contributed by atoms with Crippen molar-refractivity contribution >= 4 is 10.9 Å². The van der Waals surface area contributed by atoms with Crippen molar-refractivity contribution in [3.05, 3.63) is 179 Å². The third kappa shape index (κ3) is 7.25. The molecule has 2 aliphatic rings. The van der Waals surface area contributed by atoms with Crippen molar-refractivity contribution in [3.8, 4) is 0 Å². The predicted octanol–water partition coefficient (Wildman–Crippen LogP) is 8.33. The van der Waals surface area contributed by atoms with E-state index >= 15 is 0 Å². The van der Waals surface area contributed by atoms with Crippen LogP contribution in [0, 0.1) is 13.1 Å². The summed E-state index contributed by atoms with van der Waals surface area (Å²) in [4.78, 5) is 3.32. The number of aromatic nitrogens is 1. The van der Waals surface area contributed by atoms with Gasteiger partial charge in [-0.3, -0.25) is 0 Å². The van der Waals surface area contributed by atoms with Gasteiger partial charge in [0, 0.05) is 5.56 Å². The number of hydrogen-bond donors (Lipinski definition) is 1. The van der Waals surface area contributed by atoms with Gasteiger partial charge in [0.1, 0.15) is 24.4 Å². The normalized spacial score (nSPS) is 22.3. The molecule has 7 nitrogen and oxygen atoms in total. The third-order valence-electron chi connectivity index (χ3n) is 9.78. The molecule has 0 bridgehead atoms. The maximum absolute atomic E-state index is 7.24. The fourth-order valence-electron chi connectivity index (χ4n) is 7.16. The molecule has 5 aromatic carbocycles. The Kier molecular flexibility index (Phi) is 10.5. The van der Waals surface area contributed by atoms with E-state index in [0.717, 1.165) is 49.8 Å². The summed E-state index contributed by atoms with van der Waals surface area (Å²) in [5.41, 5.74) is 8.18. The number of aromatic amines is 1. The Balaban J connectivity index is 0.00000420. The average Bonchev–Trinajstić information content (AvgIpc) is 3.73. The van der Waals surface area contributed by atoms with Crippen molar-refractivity contribution in [2.45, 2.75) is 70.2 Å². The van der Waals surface area contributed by atoms with Crippen LogP contribution in [0.2, 0.25) is 0 Å². The molecular weight excluding hydrogens is 905 g/mol. The Morgan fingerprint density at radius 1 is 0.673 bits per heavy atom. The van der Waals surface area contributed by atoms with Crippen molar-refractivity contribution in [2.24, 2.45) is 0 Å². The third-order valence-corrected chi connectivity index (χ3v) is 9.78. The second kappa shape index (κ2) is 15.7. The largest absolute Gasteiger partial charge is 0.477 e. The van der Waals surface area contributed by atoms with Crippen LogP contribution in [0.25, 0.3) is 10.9 Å². The minimum Gasteiger partial charge on any atom is -0.477 e. The maximum atomic E-state index is 7.24. The van der Waals surface area contributed by atoms with Crippen LogP contribution in [-0.4, -0.2) is 36.0 Å². The van der Waals surface area contributed by atoms with Crippen molar-refractivity contribution in [1.82, 2.24) is 4.98 Å². The number of nitrogens with one attached hydrogen (secondary N) is 1. The van der Waals surface area contributed by atoms with Gasteiger partial charge in [-0.25, -0.2) is 0 Å². The summed E-state index contributed by atoms with van der Waals surface area (Å²) < 4.78 is 41.3. The van der Waals surface area contributed by atoms with E-state index in [1.54, 1.807) is 0 Å². The molecule has 262 valence electrons. The molecule has 0 unspecified atom stereocenters. The van der Waals surface area contributed by atoms with E-state index in [1.165, 1.54) is 0 Å². The molecule has 1 saturated heterocycles. The second-order valence-electron chi connectivity index (χ2n) is 13.3. The molecule has 6 aromatic rings. The minimum absolute atomic E-state index is 0. The monoisotopic (exact) mass is 947 g/mol. The standard InChI is InChI=1S/C44H42NO6.Rf/c1-31-24-45-39-23-38-36(22-37(31)39)29-50-44(38)43(49-28-35-20-12-5-13-21-35)42(48-27-34-18-10-4-11-19-34)41(47-26-33-16-8-3-9-17-33)40(51-44)30-46-25-32-14-6-2-7-15-32;/h2-23,40-43,45H,25-30H2,1H3;/q-1;/t40-,41-,42+,43-,44+;/m1./s1. The van der Waals surface area contributed by atoms with Crippen LogP contribution in [0.5, 0.6) is 0 Å². The zero-order valence-electron chi connectivity index (χ0n) is 29.4. The molecule has 0 amide bonds. The summed E-state index contributed by atoms with van der Waals surface area (Å²) in [6, 6.07) is 45.0. The molecule has 0 radical (unpaired) electrons. The Morgan fingerprint density at radius 3 is 1.77 bits per heavy atom. The summed E-state index contributed by atoms with van der Waals surface area (Å²) in [7, 11) is 0. The zero-order valence-corrected chi connectivity index (χ0v) is 35.8. The SMILES string of the molecule is Cc1[c-][nH]c2cc3c(cc12)CO[C@]31O[C@H](COCc2ccccc2)[C@@H](OCc2ccccc2)[C@H](OCc2ccccc2)[C@H]1OCc1ccccc1.[Rf]. The van der Waals surface area contributed by atoms with E-state index in [9.17, 15) is 0 Å². The molecule has 0 aliphatic carbocycles. The van der Waals surface area contributed by atoms with Gasteiger partial charge in [0.25, 0.3) is 0 Å². The Bertz CT molecular complexity index is 2010. The van der Waals surface area contributed by atoms with Gasteiger partial charge in [0.15, 0.2) is 0 Å². The molecule has 3 heterocycles. The van der Waals surface area contributed by atoms with Gasteiger partial charge in [-0.1, -0.05) is 134 Å². The molecule has 1 spiro atoms. The average molecular weight is 948 g/mol. The van der Waals surface area contributed by atoms with Crippen LogP contribution in [0.3, 0.4) is 0 Å². The first kappa shape index (κ1) is 34.8. The Morgan fingerprint density at radius 2 is 1.19 bits per heavy atom. The van der Waals surface area contributed by atoms with Crippen molar-refractivity contribution in [3.63, 3.8) is 0 Å². The fraction of sp³-hybridized carbons (Fsp3) is 0.273. The molecule has 8 rings (SSSR count). The van der Waals surface area contributed by atoms with Crippen molar-refractivity contribution in [1.29, 1.82) is 0 Å². The summed E-state index contributed by atoms with van der Waals surface area (Å²) in [5, 5.41) is 1.11. The summed E-state index contributed by atoms with van der Waals surface area (Å²) in [5.74, 6) is -1.30. The smallest absolute Gasteiger partial charge is 0.224 e. The predicted molar refractivity (Wildman–Crippen MR) is 194 cm³/mol. The van der Waals surface area contributed by atoms with E-state index in [2.05, 4.69) is 78.8 Å². The van der Waals surface area contributed by atoms with E-state index in [-0.39, 0.29) is 6.61 Å². The summed E-state index contributed by atoms with van der Waals surface area (Å²) in [6.45, 7) is 4.15. The minimum atomic E-state index is -1.30. The first-order valence-electron chi connectivity index (χ1n) is 17.6. The van der Waals surface area contributed by atoms with E-state index in [4.69, 9.17) is 28.4 Å². The number of fused-ring (bicyclic) bond motifs is 3. The van der Waals surface area contributed by atoms with Crippen LogP contribution in [0.1, 0.15) is 38.9 Å². The first-order valence-corrected chi connectivity index (χ1v) is 17.6. The van der Waals surface area contributed by atoms with Gasteiger partial charge in [0.05, 0.1) is 39.6 Å². The van der Waals surface area contributed by atoms with Crippen LogP contribution < -0.4 is 0 Å². The molecule has 5 atom stereocenters. The molecule has 1 fully saturated rings. The molecule has 8 heteroatoms. The molecule has 1 aromatic heterocycles. The van der Waals surface area contributed by atoms with Gasteiger partial charge in [-0.15, -0.1) is 17.8 Å². The van der Waals surface area contributed by atoms with Gasteiger partial charge in [-0.2, -0.15) is 10.9 Å². The summed E-state index contributed by atoms with van der Waals surface area (Å²) in [6.07, 6.45) is 0.837. The number of hydrogen-bond acceptors (Lipinski definition) is 6. The summed E-state index contributed by atoms with van der Waals surface area (Å²) >= 11 is 0. The van der Waals surface area contributed by atoms with Crippen molar-refractivity contribution in [2.75, 3.05) is 6.61 Å². The number of rotatable bonds is 13.